The zero-order chi connectivity index (χ0) is 33.4. The minimum absolute atomic E-state index is 0.672. The Hall–Kier alpha value is -0.240. The molecule has 254 valence electrons. The van der Waals surface area contributed by atoms with E-state index in [1.54, 1.807) is 0 Å². The molecule has 6 heteroatoms. The minimum atomic E-state index is -1.62. The van der Waals surface area contributed by atoms with Gasteiger partial charge in [0.1, 0.15) is 11.4 Å². The number of rotatable bonds is 7. The topological polar surface area (TPSA) is 6.48 Å². The van der Waals surface area contributed by atoms with Crippen molar-refractivity contribution in [1.82, 2.24) is 0 Å². The van der Waals surface area contributed by atoms with Crippen molar-refractivity contribution in [3.8, 4) is 11.1 Å². The minimum Gasteiger partial charge on any atom is -0.192 e. The predicted octanol–water partition coefficient (Wildman–Crippen LogP) is 14.1. The van der Waals surface area contributed by atoms with Crippen LogP contribution in [-0.2, 0) is 0 Å². The number of nitrogens with zero attached hydrogens (tertiary/aromatic N) is 2. The summed E-state index contributed by atoms with van der Waals surface area (Å²) in [6.45, 7) is 40.7. The lowest BCUT2D eigenvalue weighted by atomic mass is 10.1. The summed E-state index contributed by atoms with van der Waals surface area (Å²) in [6, 6.07) is 19.3. The zero-order valence-corrected chi connectivity index (χ0v) is 34.0. The molecule has 8 atom stereocenters. The summed E-state index contributed by atoms with van der Waals surface area (Å²) in [5.74, 6) is 0. The van der Waals surface area contributed by atoms with Gasteiger partial charge in [-0.1, -0.05) is 24.3 Å². The second-order valence-electron chi connectivity index (χ2n) is 16.3. The van der Waals surface area contributed by atoms with E-state index in [-0.39, 0.29) is 0 Å². The van der Waals surface area contributed by atoms with E-state index in [0.717, 1.165) is 0 Å². The summed E-state index contributed by atoms with van der Waals surface area (Å²) in [4.78, 5) is 0. The first kappa shape index (κ1) is 35.6. The van der Waals surface area contributed by atoms with Crippen LogP contribution >= 0.6 is 29.7 Å². The van der Waals surface area contributed by atoms with Crippen molar-refractivity contribution in [2.75, 3.05) is 8.88 Å². The molecule has 46 heavy (non-hydrogen) atoms. The monoisotopic (exact) mass is 696 g/mol. The van der Waals surface area contributed by atoms with Crippen molar-refractivity contribution < 1.29 is 0 Å². The third-order valence-electron chi connectivity index (χ3n) is 14.1. The van der Waals surface area contributed by atoms with Crippen molar-refractivity contribution in [1.29, 1.82) is 0 Å². The summed E-state index contributed by atoms with van der Waals surface area (Å²) in [7, 11) is -6.50. The number of hydrogen-bond donors (Lipinski definition) is 0. The highest BCUT2D eigenvalue weighted by atomic mass is 31.3. The fourth-order valence-corrected chi connectivity index (χ4v) is 32.7. The maximum atomic E-state index is 5.19. The van der Waals surface area contributed by atoms with E-state index in [1.165, 1.54) is 73.9 Å². The molecule has 4 fully saturated rings. The van der Waals surface area contributed by atoms with Gasteiger partial charge in [-0.15, -0.1) is 0 Å². The maximum absolute atomic E-state index is 5.19. The van der Waals surface area contributed by atoms with E-state index >= 15 is 0 Å². The molecule has 0 amide bonds. The number of anilines is 2. The molecule has 0 spiro atoms. The van der Waals surface area contributed by atoms with Crippen LogP contribution in [0.15, 0.2) is 48.5 Å². The molecule has 4 heterocycles. The fourth-order valence-electron chi connectivity index (χ4n) is 10.0. The highest BCUT2D eigenvalue weighted by Gasteiger charge is 2.62. The zero-order valence-electron chi connectivity index (χ0n) is 30.4. The van der Waals surface area contributed by atoms with Crippen LogP contribution in [-0.4, -0.2) is 45.3 Å². The summed E-state index contributed by atoms with van der Waals surface area (Å²) >= 11 is 0. The quantitative estimate of drug-likeness (QED) is 0.210. The average Bonchev–Trinajstić information content (AvgIpc) is 3.65. The Morgan fingerprint density at radius 1 is 0.370 bits per heavy atom. The van der Waals surface area contributed by atoms with E-state index in [9.17, 15) is 0 Å². The summed E-state index contributed by atoms with van der Waals surface area (Å²) in [6.07, 6.45) is 10.5. The van der Waals surface area contributed by atoms with E-state index in [0.29, 0.717) is 45.3 Å². The van der Waals surface area contributed by atoms with Gasteiger partial charge in [-0.05, 0) is 142 Å². The second-order valence-corrected chi connectivity index (χ2v) is 32.7. The van der Waals surface area contributed by atoms with Gasteiger partial charge in [0.25, 0.3) is 0 Å². The molecule has 0 aliphatic carbocycles. The highest BCUT2D eigenvalue weighted by molar-refractivity contribution is 7.97. The van der Waals surface area contributed by atoms with E-state index in [2.05, 4.69) is 113 Å². The molecule has 0 aromatic heterocycles. The summed E-state index contributed by atoms with van der Waals surface area (Å²) < 4.78 is 5.89. The Bertz CT molecular complexity index is 1170. The van der Waals surface area contributed by atoms with Crippen molar-refractivity contribution in [3.05, 3.63) is 75.2 Å². The lowest BCUT2D eigenvalue weighted by Crippen LogP contribution is -2.34. The smallest absolute Gasteiger partial charge is 0.105 e. The van der Waals surface area contributed by atoms with Crippen molar-refractivity contribution in [3.63, 3.8) is 0 Å². The average molecular weight is 697 g/mol. The van der Waals surface area contributed by atoms with Gasteiger partial charge in [0, 0.05) is 29.7 Å². The van der Waals surface area contributed by atoms with Crippen LogP contribution in [0.2, 0.25) is 0 Å². The first-order valence-corrected chi connectivity index (χ1v) is 26.6. The summed E-state index contributed by atoms with van der Waals surface area (Å²) in [5.41, 5.74) is 10.8. The molecule has 4 saturated heterocycles. The van der Waals surface area contributed by atoms with E-state index < -0.39 is 29.7 Å². The number of hydrogen-bond acceptors (Lipinski definition) is 2. The van der Waals surface area contributed by atoms with Gasteiger partial charge in [0.05, 0.1) is 45.3 Å². The van der Waals surface area contributed by atoms with E-state index in [1.807, 2.05) is 0 Å². The largest absolute Gasteiger partial charge is 0.192 e. The Morgan fingerprint density at radius 2 is 0.543 bits per heavy atom. The molecule has 4 aliphatic heterocycles. The highest BCUT2D eigenvalue weighted by Crippen LogP contribution is 2.90. The first-order chi connectivity index (χ1) is 21.6. The molecular formula is C40H64N2P4. The SMILES string of the molecule is [CH2-][P+]1(N(c2ccc(-c3ccc(N([P+]4([CH2-])[C@@H](C)CC[C@@H]4C)[P+]4([CH2-])[C@@H](C)CC[C@@H]4C)cc3)cc2)[P+]2([CH2-])[C@@H](C)CC[C@@H]2C)[C@@H](C)CC[C@@H]1C. The molecule has 0 unspecified atom stereocenters. The first-order valence-electron chi connectivity index (χ1n) is 18.4. The molecule has 2 nitrogen and oxygen atoms in total. The van der Waals surface area contributed by atoms with Crippen molar-refractivity contribution in [2.45, 2.75) is 152 Å². The van der Waals surface area contributed by atoms with Gasteiger partial charge in [-0.25, -0.2) is 0 Å². The Kier molecular flexibility index (Phi) is 9.92. The van der Waals surface area contributed by atoms with E-state index in [4.69, 9.17) is 26.7 Å². The molecular weight excluding hydrogens is 632 g/mol. The third-order valence-corrected chi connectivity index (χ3v) is 36.1. The molecule has 6 rings (SSSR count). The Labute approximate surface area is 287 Å². The normalized spacial score (nSPS) is 35.8. The molecule has 0 bridgehead atoms. The van der Waals surface area contributed by atoms with Gasteiger partial charge in [-0.2, -0.15) is 35.5 Å². The third kappa shape index (κ3) is 5.22. The van der Waals surface area contributed by atoms with Crippen LogP contribution in [0.25, 0.3) is 11.1 Å². The van der Waals surface area contributed by atoms with Crippen molar-refractivity contribution in [2.24, 2.45) is 0 Å². The predicted molar refractivity (Wildman–Crippen MR) is 219 cm³/mol. The van der Waals surface area contributed by atoms with Crippen LogP contribution in [0.5, 0.6) is 0 Å². The van der Waals surface area contributed by atoms with Crippen LogP contribution < -0.4 is 8.88 Å². The van der Waals surface area contributed by atoms with Crippen LogP contribution in [0.3, 0.4) is 0 Å². The lowest BCUT2D eigenvalue weighted by molar-refractivity contribution is 0.777. The van der Waals surface area contributed by atoms with Crippen LogP contribution in [0.4, 0.5) is 11.4 Å². The maximum Gasteiger partial charge on any atom is 0.105 e. The molecule has 0 saturated carbocycles. The molecule has 2 aromatic rings. The van der Waals surface area contributed by atoms with Crippen molar-refractivity contribution >= 4 is 41.0 Å². The van der Waals surface area contributed by atoms with Gasteiger partial charge in [-0.3, -0.25) is 0 Å². The Balaban J connectivity index is 1.36. The van der Waals surface area contributed by atoms with Gasteiger partial charge in [0.15, 0.2) is 0 Å². The van der Waals surface area contributed by atoms with Crippen LogP contribution in [0.1, 0.15) is 107 Å². The van der Waals surface area contributed by atoms with Crippen LogP contribution in [0, 0.1) is 26.7 Å². The standard InChI is InChI=1S/C40H64N2P4/c1-29-13-14-30(2)43(29,9)41(44(10)31(3)15-16-32(44)4)39-25-21-37(22-26-39)38-23-27-40(28-24-38)42(45(11)33(5)17-18-34(45)6)46(12)35(7)19-20-36(46)8/h21-36H,9-20H2,1-8H3/t29-,30-,31-,32-,33-,34-,35-,36-/m0/s1. The lowest BCUT2D eigenvalue weighted by Gasteiger charge is -2.53. The number of benzene rings is 2. The second kappa shape index (κ2) is 12.8. The summed E-state index contributed by atoms with van der Waals surface area (Å²) in [5, 5.41) is 0. The molecule has 2 aromatic carbocycles. The molecule has 0 radical (unpaired) electrons. The Morgan fingerprint density at radius 3 is 0.717 bits per heavy atom. The van der Waals surface area contributed by atoms with Gasteiger partial charge in [0.2, 0.25) is 0 Å². The fraction of sp³-hybridized carbons (Fsp3) is 0.600. The van der Waals surface area contributed by atoms with Gasteiger partial charge >= 0.3 is 0 Å². The molecule has 4 aliphatic rings. The van der Waals surface area contributed by atoms with Gasteiger partial charge < -0.3 is 0 Å². The molecule has 0 N–H and O–H groups in total.